The molecule has 0 atom stereocenters. The molecule has 25 heavy (non-hydrogen) atoms. The van der Waals surface area contributed by atoms with Crippen molar-refractivity contribution in [3.63, 3.8) is 0 Å². The van der Waals surface area contributed by atoms with Crippen LogP contribution in [0, 0.1) is 24.0 Å². The van der Waals surface area contributed by atoms with Gasteiger partial charge < -0.3 is 15.4 Å². The van der Waals surface area contributed by atoms with Gasteiger partial charge in [-0.25, -0.2) is 0 Å². The van der Waals surface area contributed by atoms with Gasteiger partial charge in [0, 0.05) is 17.8 Å². The molecule has 0 spiro atoms. The molecule has 2 aromatic rings. The number of rotatable bonds is 4. The Balaban J connectivity index is 2.18. The van der Waals surface area contributed by atoms with Crippen molar-refractivity contribution in [1.82, 2.24) is 0 Å². The summed E-state index contributed by atoms with van der Waals surface area (Å²) in [6.07, 6.45) is 0. The molecule has 0 heterocycles. The van der Waals surface area contributed by atoms with Gasteiger partial charge in [-0.1, -0.05) is 12.1 Å². The van der Waals surface area contributed by atoms with Gasteiger partial charge in [0.05, 0.1) is 17.7 Å². The molecule has 2 N–H and O–H groups in total. The van der Waals surface area contributed by atoms with Gasteiger partial charge in [0.2, 0.25) is 0 Å². The summed E-state index contributed by atoms with van der Waals surface area (Å²) in [5.41, 5.74) is 2.14. The second kappa shape index (κ2) is 7.43. The van der Waals surface area contributed by atoms with Gasteiger partial charge in [-0.15, -0.1) is 0 Å². The van der Waals surface area contributed by atoms with Crippen molar-refractivity contribution in [3.05, 3.63) is 57.6 Å². The molecular formula is C17H17N3O5. The summed E-state index contributed by atoms with van der Waals surface area (Å²) in [4.78, 5) is 34.5. The van der Waals surface area contributed by atoms with Crippen molar-refractivity contribution in [3.8, 4) is 5.75 Å². The highest BCUT2D eigenvalue weighted by Crippen LogP contribution is 2.28. The van der Waals surface area contributed by atoms with E-state index in [-0.39, 0.29) is 17.1 Å². The highest BCUT2D eigenvalue weighted by Gasteiger charge is 2.19. The summed E-state index contributed by atoms with van der Waals surface area (Å²) >= 11 is 0. The number of amides is 2. The van der Waals surface area contributed by atoms with Crippen LogP contribution in [0.1, 0.15) is 11.1 Å². The zero-order valence-corrected chi connectivity index (χ0v) is 14.0. The Morgan fingerprint density at radius 3 is 2.28 bits per heavy atom. The van der Waals surface area contributed by atoms with E-state index in [2.05, 4.69) is 10.6 Å². The molecular weight excluding hydrogens is 326 g/mol. The molecule has 2 rings (SSSR count). The van der Waals surface area contributed by atoms with Crippen LogP contribution < -0.4 is 15.4 Å². The van der Waals surface area contributed by atoms with Crippen LogP contribution in [0.2, 0.25) is 0 Å². The largest absolute Gasteiger partial charge is 0.495 e. The number of methoxy groups -OCH3 is 1. The van der Waals surface area contributed by atoms with E-state index in [0.717, 1.165) is 17.2 Å². The average Bonchev–Trinajstić information content (AvgIpc) is 2.58. The van der Waals surface area contributed by atoms with Gasteiger partial charge in [-0.3, -0.25) is 19.7 Å². The van der Waals surface area contributed by atoms with Gasteiger partial charge in [0.15, 0.2) is 0 Å². The Hall–Kier alpha value is -3.42. The first kappa shape index (κ1) is 17.9. The lowest BCUT2D eigenvalue weighted by Gasteiger charge is -2.12. The monoisotopic (exact) mass is 343 g/mol. The van der Waals surface area contributed by atoms with Crippen molar-refractivity contribution in [2.75, 3.05) is 17.7 Å². The third kappa shape index (κ3) is 4.11. The zero-order valence-electron chi connectivity index (χ0n) is 14.0. The molecule has 0 aromatic heterocycles. The van der Waals surface area contributed by atoms with Crippen molar-refractivity contribution in [1.29, 1.82) is 0 Å². The minimum absolute atomic E-state index is 0.0396. The van der Waals surface area contributed by atoms with E-state index in [0.29, 0.717) is 5.69 Å². The highest BCUT2D eigenvalue weighted by molar-refractivity contribution is 6.43. The second-order valence-corrected chi connectivity index (χ2v) is 5.30. The van der Waals surface area contributed by atoms with Crippen LogP contribution in [0.5, 0.6) is 5.75 Å². The molecule has 8 nitrogen and oxygen atoms in total. The van der Waals surface area contributed by atoms with Crippen molar-refractivity contribution in [2.45, 2.75) is 13.8 Å². The van der Waals surface area contributed by atoms with E-state index >= 15 is 0 Å². The maximum absolute atomic E-state index is 12.1. The summed E-state index contributed by atoms with van der Waals surface area (Å²) in [7, 11) is 1.35. The summed E-state index contributed by atoms with van der Waals surface area (Å²) < 4.78 is 5.04. The van der Waals surface area contributed by atoms with Crippen LogP contribution in [0.15, 0.2) is 36.4 Å². The first-order valence-electron chi connectivity index (χ1n) is 7.34. The van der Waals surface area contributed by atoms with E-state index in [9.17, 15) is 19.7 Å². The van der Waals surface area contributed by atoms with Crippen LogP contribution in [-0.4, -0.2) is 23.8 Å². The number of carbonyl (C=O) groups is 2. The number of ether oxygens (including phenoxy) is 1. The number of carbonyl (C=O) groups excluding carboxylic acids is 2. The zero-order chi connectivity index (χ0) is 18.6. The number of nitro groups is 1. The number of benzene rings is 2. The summed E-state index contributed by atoms with van der Waals surface area (Å²) in [6, 6.07) is 9.04. The minimum atomic E-state index is -0.959. The molecule has 0 bridgehead atoms. The smallest absolute Gasteiger partial charge is 0.314 e. The third-order valence-electron chi connectivity index (χ3n) is 3.70. The van der Waals surface area contributed by atoms with Crippen LogP contribution in [0.25, 0.3) is 0 Å². The fourth-order valence-corrected chi connectivity index (χ4v) is 2.15. The lowest BCUT2D eigenvalue weighted by atomic mass is 10.1. The maximum Gasteiger partial charge on any atom is 0.314 e. The average molecular weight is 343 g/mol. The molecule has 2 aromatic carbocycles. The Kier molecular flexibility index (Phi) is 5.33. The summed E-state index contributed by atoms with van der Waals surface area (Å²) in [5, 5.41) is 15.7. The normalized spacial score (nSPS) is 10.0. The fourth-order valence-electron chi connectivity index (χ4n) is 2.15. The van der Waals surface area contributed by atoms with Crippen LogP contribution in [0.4, 0.5) is 17.1 Å². The Bertz CT molecular complexity index is 848. The van der Waals surface area contributed by atoms with E-state index < -0.39 is 16.7 Å². The molecule has 0 saturated heterocycles. The number of nitrogens with one attached hydrogen (secondary N) is 2. The van der Waals surface area contributed by atoms with Crippen LogP contribution >= 0.6 is 0 Å². The van der Waals surface area contributed by atoms with E-state index in [4.69, 9.17) is 4.74 Å². The van der Waals surface area contributed by atoms with Gasteiger partial charge in [-0.2, -0.15) is 0 Å². The first-order valence-corrected chi connectivity index (χ1v) is 7.34. The molecule has 130 valence electrons. The predicted octanol–water partition coefficient (Wildman–Crippen LogP) is 2.80. The topological polar surface area (TPSA) is 111 Å². The molecule has 0 aliphatic rings. The molecule has 0 fully saturated rings. The lowest BCUT2D eigenvalue weighted by molar-refractivity contribution is -0.384. The molecule has 0 unspecified atom stereocenters. The third-order valence-corrected chi connectivity index (χ3v) is 3.70. The summed E-state index contributed by atoms with van der Waals surface area (Å²) in [6.45, 7) is 3.71. The molecule has 0 aliphatic heterocycles. The van der Waals surface area contributed by atoms with E-state index in [1.807, 2.05) is 19.9 Å². The number of hydrogen-bond donors (Lipinski definition) is 2. The van der Waals surface area contributed by atoms with E-state index in [1.54, 1.807) is 12.1 Å². The minimum Gasteiger partial charge on any atom is -0.495 e. The van der Waals surface area contributed by atoms with Crippen molar-refractivity contribution < 1.29 is 19.2 Å². The quantitative estimate of drug-likeness (QED) is 0.504. The van der Waals surface area contributed by atoms with Crippen molar-refractivity contribution in [2.24, 2.45) is 0 Å². The van der Waals surface area contributed by atoms with Crippen molar-refractivity contribution >= 4 is 28.9 Å². The van der Waals surface area contributed by atoms with Gasteiger partial charge in [-0.05, 0) is 37.1 Å². The fraction of sp³-hybridized carbons (Fsp3) is 0.176. The number of hydrogen-bond acceptors (Lipinski definition) is 5. The van der Waals surface area contributed by atoms with E-state index in [1.165, 1.54) is 19.2 Å². The van der Waals surface area contributed by atoms with Crippen LogP contribution in [0.3, 0.4) is 0 Å². The number of anilines is 2. The predicted molar refractivity (Wildman–Crippen MR) is 92.8 cm³/mol. The van der Waals surface area contributed by atoms with Gasteiger partial charge in [0.1, 0.15) is 5.75 Å². The molecule has 0 aliphatic carbocycles. The van der Waals surface area contributed by atoms with Crippen LogP contribution in [-0.2, 0) is 9.59 Å². The SMILES string of the molecule is COc1ccc([N+](=O)[O-])cc1NC(=O)C(=O)Nc1cccc(C)c1C. The molecule has 0 saturated carbocycles. The van der Waals surface area contributed by atoms with Gasteiger partial charge in [0.25, 0.3) is 5.69 Å². The standard InChI is InChI=1S/C17H17N3O5/c1-10-5-4-6-13(11(10)2)18-16(21)17(22)19-14-9-12(20(23)24)7-8-15(14)25-3/h4-9H,1-3H3,(H,18,21)(H,19,22). The highest BCUT2D eigenvalue weighted by atomic mass is 16.6. The number of non-ortho nitro benzene ring substituents is 1. The number of nitro benzene ring substituents is 1. The Morgan fingerprint density at radius 2 is 1.68 bits per heavy atom. The lowest BCUT2D eigenvalue weighted by Crippen LogP contribution is -2.29. The maximum atomic E-state index is 12.1. The summed E-state index contributed by atoms with van der Waals surface area (Å²) in [5.74, 6) is -1.64. The second-order valence-electron chi connectivity index (χ2n) is 5.30. The molecule has 2 amide bonds. The number of nitrogens with zero attached hydrogens (tertiary/aromatic N) is 1. The molecule has 0 radical (unpaired) electrons. The Labute approximate surface area is 144 Å². The molecule has 8 heteroatoms. The first-order chi connectivity index (χ1) is 11.8. The Morgan fingerprint density at radius 1 is 1.04 bits per heavy atom. The number of aryl methyl sites for hydroxylation is 1. The van der Waals surface area contributed by atoms with Gasteiger partial charge >= 0.3 is 11.8 Å².